The Morgan fingerprint density at radius 2 is 1.27 bits per heavy atom. The Bertz CT molecular complexity index is 1200. The van der Waals surface area contributed by atoms with Crippen molar-refractivity contribution in [1.29, 1.82) is 0 Å². The minimum atomic E-state index is -4.51. The fourth-order valence-electron chi connectivity index (χ4n) is 4.88. The van der Waals surface area contributed by atoms with E-state index in [-0.39, 0.29) is 35.4 Å². The third-order valence-corrected chi connectivity index (χ3v) is 18.2. The number of hydrogen-bond acceptors (Lipinski definition) is 2. The molecule has 166 valence electrons. The van der Waals surface area contributed by atoms with E-state index in [4.69, 9.17) is 0 Å². The number of benzene rings is 3. The van der Waals surface area contributed by atoms with Crippen LogP contribution >= 0.6 is 24.8 Å². The molecule has 1 unspecified atom stereocenters. The zero-order valence-electron chi connectivity index (χ0n) is 17.9. The summed E-state index contributed by atoms with van der Waals surface area (Å²) in [4.78, 5) is 28.9. The molecule has 0 heterocycles. The Hall–Kier alpha value is -2.32. The van der Waals surface area contributed by atoms with Gasteiger partial charge < -0.3 is 0 Å². The van der Waals surface area contributed by atoms with Crippen molar-refractivity contribution in [2.45, 2.75) is 10.0 Å². The van der Waals surface area contributed by atoms with Gasteiger partial charge in [-0.15, -0.1) is 24.8 Å². The Morgan fingerprint density at radius 3 is 1.82 bits per heavy atom. The van der Waals surface area contributed by atoms with E-state index in [1.54, 1.807) is 0 Å². The first kappa shape index (κ1) is 25.3. The number of carbonyl (C=O) groups is 2. The van der Waals surface area contributed by atoms with E-state index in [1.165, 1.54) is 0 Å². The van der Waals surface area contributed by atoms with E-state index in [0.29, 0.717) is 17.5 Å². The second kappa shape index (κ2) is 10.7. The molecule has 0 saturated carbocycles. The summed E-state index contributed by atoms with van der Waals surface area (Å²) in [6, 6.07) is 27.0. The summed E-state index contributed by atoms with van der Waals surface area (Å²) < 4.78 is 1.02. The van der Waals surface area contributed by atoms with E-state index in [2.05, 4.69) is 30.4 Å². The van der Waals surface area contributed by atoms with Crippen molar-refractivity contribution < 1.29 is 29.9 Å². The van der Waals surface area contributed by atoms with Gasteiger partial charge in [0.1, 0.15) is 0 Å². The summed E-state index contributed by atoms with van der Waals surface area (Å²) in [5.74, 6) is 0. The number of halogens is 2. The predicted octanol–water partition coefficient (Wildman–Crippen LogP) is 7.28. The summed E-state index contributed by atoms with van der Waals surface area (Å²) in [6.07, 6.45) is 11.0. The number of allylic oxidation sites excluding steroid dienone is 5. The molecule has 0 aliphatic heterocycles. The average molecular weight is 555 g/mol. The third kappa shape index (κ3) is 4.31. The van der Waals surface area contributed by atoms with Crippen molar-refractivity contribution >= 4 is 37.9 Å². The van der Waals surface area contributed by atoms with Gasteiger partial charge in [0.2, 0.25) is 0 Å². The van der Waals surface area contributed by atoms with Crippen LogP contribution in [0, 0.1) is 0 Å². The predicted molar refractivity (Wildman–Crippen MR) is 136 cm³/mol. The Balaban J connectivity index is 0.00000153. The Kier molecular flexibility index (Phi) is 8.24. The van der Waals surface area contributed by atoms with Crippen LogP contribution in [0.2, 0.25) is 0 Å². The summed E-state index contributed by atoms with van der Waals surface area (Å²) in [7, 11) is 0. The van der Waals surface area contributed by atoms with Gasteiger partial charge in [-0.2, -0.15) is 0 Å². The van der Waals surface area contributed by atoms with Crippen LogP contribution < -0.4 is 0 Å². The quantitative estimate of drug-likeness (QED) is 0.321. The number of fused-ring (bicyclic) bond motifs is 1. The van der Waals surface area contributed by atoms with Gasteiger partial charge in [0, 0.05) is 0 Å². The standard InChI is InChI=1S/C9H7.2C7H5O.C5H5.2ClH.Zr/c1-2-5-9-7-3-6-8(9)4-1;2*8-6-7-4-2-1-3-5-7;1-2-4-5-3-1;;;/h1-7H;2*1-5H;1-3H,4H2;2*1H;. The molecule has 0 fully saturated rings. The van der Waals surface area contributed by atoms with E-state index in [0.717, 1.165) is 14.4 Å². The molecule has 5 rings (SSSR count). The topological polar surface area (TPSA) is 34.1 Å². The number of rotatable bonds is 6. The van der Waals surface area contributed by atoms with Gasteiger partial charge in [0.25, 0.3) is 0 Å². The molecule has 1 atom stereocenters. The molecule has 3 aromatic carbocycles. The van der Waals surface area contributed by atoms with Crippen molar-refractivity contribution in [3.8, 4) is 0 Å². The van der Waals surface area contributed by atoms with Gasteiger partial charge >= 0.3 is 188 Å². The van der Waals surface area contributed by atoms with Crippen LogP contribution in [0.25, 0.3) is 6.08 Å². The molecule has 5 heteroatoms. The molecule has 2 aliphatic rings. The van der Waals surface area contributed by atoms with Crippen molar-refractivity contribution in [2.24, 2.45) is 0 Å². The van der Waals surface area contributed by atoms with Gasteiger partial charge in [-0.05, 0) is 0 Å². The maximum atomic E-state index is 14.4. The molecule has 0 radical (unpaired) electrons. The van der Waals surface area contributed by atoms with Crippen molar-refractivity contribution in [3.05, 3.63) is 135 Å². The van der Waals surface area contributed by atoms with E-state index in [9.17, 15) is 9.59 Å². The molecule has 3 aromatic rings. The van der Waals surface area contributed by atoms with Crippen molar-refractivity contribution in [1.82, 2.24) is 0 Å². The van der Waals surface area contributed by atoms with Crippen LogP contribution in [0.5, 0.6) is 0 Å². The molecular weight excluding hydrogens is 530 g/mol. The SMILES string of the molecule is Cl.Cl.O=[C](c1ccccc1)[Zr]([C](=O)c1ccccc1)([C]1=CC=CC1)[CH]1C=Cc2ccccc21. The van der Waals surface area contributed by atoms with Crippen LogP contribution in [0.3, 0.4) is 0 Å². The van der Waals surface area contributed by atoms with Gasteiger partial charge in [0.05, 0.1) is 0 Å². The monoisotopic (exact) mass is 552 g/mol. The fraction of sp³-hybridized carbons (Fsp3) is 0.0714. The molecule has 0 bridgehead atoms. The zero-order chi connectivity index (χ0) is 21.3. The van der Waals surface area contributed by atoms with Crippen LogP contribution in [-0.2, 0) is 20.3 Å². The fourth-order valence-corrected chi connectivity index (χ4v) is 17.0. The van der Waals surface area contributed by atoms with Crippen LogP contribution in [0.15, 0.2) is 113 Å². The molecule has 0 aromatic heterocycles. The number of hydrogen-bond donors (Lipinski definition) is 0. The summed E-state index contributed by atoms with van der Waals surface area (Å²) in [5, 5.41) is 0. The van der Waals surface area contributed by atoms with E-state index < -0.39 is 20.3 Å². The average Bonchev–Trinajstić information content (AvgIpc) is 3.52. The van der Waals surface area contributed by atoms with Gasteiger partial charge in [-0.1, -0.05) is 0 Å². The van der Waals surface area contributed by atoms with Crippen molar-refractivity contribution in [2.75, 3.05) is 0 Å². The van der Waals surface area contributed by atoms with Gasteiger partial charge in [0.15, 0.2) is 0 Å². The summed E-state index contributed by atoms with van der Waals surface area (Å²) >= 11 is -4.51. The molecule has 2 nitrogen and oxygen atoms in total. The van der Waals surface area contributed by atoms with Crippen LogP contribution in [0.1, 0.15) is 41.9 Å². The van der Waals surface area contributed by atoms with Gasteiger partial charge in [-0.3, -0.25) is 0 Å². The minimum absolute atomic E-state index is 0. The second-order valence-electron chi connectivity index (χ2n) is 7.99. The van der Waals surface area contributed by atoms with Crippen molar-refractivity contribution in [3.63, 3.8) is 0 Å². The maximum absolute atomic E-state index is 14.4. The number of carbonyl (C=O) groups excluding carboxylic acids is 2. The molecule has 0 spiro atoms. The van der Waals surface area contributed by atoms with E-state index in [1.807, 2.05) is 84.9 Å². The first-order chi connectivity index (χ1) is 15.2. The second-order valence-corrected chi connectivity index (χ2v) is 17.3. The molecule has 2 aliphatic carbocycles. The van der Waals surface area contributed by atoms with Crippen LogP contribution in [-0.4, -0.2) is 6.98 Å². The third-order valence-electron chi connectivity index (χ3n) is 6.33. The zero-order valence-corrected chi connectivity index (χ0v) is 22.0. The molecule has 0 saturated heterocycles. The molecule has 0 N–H and O–H groups in total. The first-order valence-corrected chi connectivity index (χ1v) is 15.7. The summed E-state index contributed by atoms with van der Waals surface area (Å²) in [6.45, 7) is 0. The normalized spacial score (nSPS) is 15.8. The van der Waals surface area contributed by atoms with Gasteiger partial charge in [-0.25, -0.2) is 0 Å². The first-order valence-electron chi connectivity index (χ1n) is 10.6. The van der Waals surface area contributed by atoms with E-state index >= 15 is 0 Å². The molecule has 0 amide bonds. The summed E-state index contributed by atoms with van der Waals surface area (Å²) in [5.41, 5.74) is 3.52. The molecule has 33 heavy (non-hydrogen) atoms. The van der Waals surface area contributed by atoms with Crippen LogP contribution in [0.4, 0.5) is 0 Å². The Labute approximate surface area is 211 Å². The molecular formula is C28H24Cl2O2Zr. The Morgan fingerprint density at radius 1 is 0.727 bits per heavy atom.